The lowest BCUT2D eigenvalue weighted by atomic mass is 10.4. The predicted molar refractivity (Wildman–Crippen MR) is 49.7 cm³/mol. The molecule has 0 unspecified atom stereocenters. The molecular formula is C7H14N2S. The minimum Gasteiger partial charge on any atom is -0.404 e. The Hall–Kier alpha value is -0.440. The van der Waals surface area contributed by atoms with Crippen molar-refractivity contribution in [3.8, 4) is 0 Å². The summed E-state index contributed by atoms with van der Waals surface area (Å²) in [5.74, 6) is 0.944. The summed E-state index contributed by atoms with van der Waals surface area (Å²) < 4.78 is 0. The van der Waals surface area contributed by atoms with E-state index in [0.29, 0.717) is 0 Å². The summed E-state index contributed by atoms with van der Waals surface area (Å²) in [6, 6.07) is 0. The van der Waals surface area contributed by atoms with E-state index in [0.717, 1.165) is 17.9 Å². The third-order valence-corrected chi connectivity index (χ3v) is 1.59. The molecule has 2 nitrogen and oxygen atoms in total. The van der Waals surface area contributed by atoms with E-state index < -0.39 is 0 Å². The molecule has 0 aromatic carbocycles. The molecule has 0 aliphatic rings. The van der Waals surface area contributed by atoms with Gasteiger partial charge in [0.2, 0.25) is 0 Å². The molecule has 0 bridgehead atoms. The molecule has 10 heavy (non-hydrogen) atoms. The summed E-state index contributed by atoms with van der Waals surface area (Å²) >= 11 is 1.75. The highest BCUT2D eigenvalue weighted by Gasteiger charge is 1.87. The number of aliphatic imine (C=N–C) groups is 1. The van der Waals surface area contributed by atoms with Crippen LogP contribution in [0, 0.1) is 0 Å². The smallest absolute Gasteiger partial charge is 0.0361 e. The molecule has 0 aliphatic heterocycles. The third kappa shape index (κ3) is 4.44. The van der Waals surface area contributed by atoms with Gasteiger partial charge in [0.1, 0.15) is 0 Å². The second-order valence-corrected chi connectivity index (χ2v) is 2.67. The Kier molecular flexibility index (Phi) is 6.38. The fourth-order valence-corrected chi connectivity index (χ4v) is 1.01. The highest BCUT2D eigenvalue weighted by Crippen LogP contribution is 1.99. The topological polar surface area (TPSA) is 38.4 Å². The SMILES string of the molecule is CCN=CC(=CN)CSC. The predicted octanol–water partition coefficient (Wildman–Crippen LogP) is 1.28. The molecule has 0 aliphatic carbocycles. The van der Waals surface area contributed by atoms with Crippen molar-refractivity contribution in [2.24, 2.45) is 10.7 Å². The van der Waals surface area contributed by atoms with Crippen molar-refractivity contribution in [1.82, 2.24) is 0 Å². The first-order valence-electron chi connectivity index (χ1n) is 3.24. The quantitative estimate of drug-likeness (QED) is 0.626. The zero-order valence-corrected chi connectivity index (χ0v) is 7.32. The van der Waals surface area contributed by atoms with Gasteiger partial charge >= 0.3 is 0 Å². The van der Waals surface area contributed by atoms with Crippen LogP contribution in [0.1, 0.15) is 6.92 Å². The lowest BCUT2D eigenvalue weighted by molar-refractivity contribution is 1.14. The van der Waals surface area contributed by atoms with Crippen molar-refractivity contribution in [2.45, 2.75) is 6.92 Å². The van der Waals surface area contributed by atoms with Crippen molar-refractivity contribution < 1.29 is 0 Å². The zero-order valence-electron chi connectivity index (χ0n) is 6.50. The maximum Gasteiger partial charge on any atom is 0.0361 e. The van der Waals surface area contributed by atoms with Crippen LogP contribution in [0.15, 0.2) is 16.8 Å². The average molecular weight is 158 g/mol. The van der Waals surface area contributed by atoms with Gasteiger partial charge in [-0.2, -0.15) is 11.8 Å². The average Bonchev–Trinajstić information content (AvgIpc) is 1.98. The summed E-state index contributed by atoms with van der Waals surface area (Å²) in [7, 11) is 0. The number of rotatable bonds is 4. The van der Waals surface area contributed by atoms with Gasteiger partial charge in [-0.25, -0.2) is 0 Å². The standard InChI is InChI=1S/C7H14N2S/c1-3-9-5-7(4-8)6-10-2/h4-5H,3,6,8H2,1-2H3. The molecule has 2 N–H and O–H groups in total. The number of hydrogen-bond donors (Lipinski definition) is 1. The molecule has 0 fully saturated rings. The highest BCUT2D eigenvalue weighted by atomic mass is 32.2. The third-order valence-electron chi connectivity index (χ3n) is 0.965. The van der Waals surface area contributed by atoms with Crippen LogP contribution in [0.2, 0.25) is 0 Å². The summed E-state index contributed by atoms with van der Waals surface area (Å²) in [5, 5.41) is 0. The van der Waals surface area contributed by atoms with Crippen LogP contribution in [0.4, 0.5) is 0 Å². The molecule has 0 aromatic heterocycles. The van der Waals surface area contributed by atoms with Gasteiger partial charge < -0.3 is 5.73 Å². The number of nitrogens with zero attached hydrogens (tertiary/aromatic N) is 1. The summed E-state index contributed by atoms with van der Waals surface area (Å²) in [6.45, 7) is 2.83. The van der Waals surface area contributed by atoms with Crippen molar-refractivity contribution in [3.63, 3.8) is 0 Å². The zero-order chi connectivity index (χ0) is 7.82. The molecular weight excluding hydrogens is 144 g/mol. The Labute approximate surface area is 66.6 Å². The van der Waals surface area contributed by atoms with Gasteiger partial charge in [-0.1, -0.05) is 0 Å². The highest BCUT2D eigenvalue weighted by molar-refractivity contribution is 7.98. The van der Waals surface area contributed by atoms with Crippen LogP contribution >= 0.6 is 11.8 Å². The van der Waals surface area contributed by atoms with Crippen LogP contribution in [0.5, 0.6) is 0 Å². The Morgan fingerprint density at radius 1 is 1.70 bits per heavy atom. The van der Waals surface area contributed by atoms with E-state index in [1.165, 1.54) is 0 Å². The Bertz CT molecular complexity index is 130. The van der Waals surface area contributed by atoms with E-state index in [4.69, 9.17) is 5.73 Å². The van der Waals surface area contributed by atoms with E-state index in [2.05, 4.69) is 4.99 Å². The molecule has 58 valence electrons. The summed E-state index contributed by atoms with van der Waals surface area (Å²) in [4.78, 5) is 4.07. The maximum atomic E-state index is 5.33. The molecule has 3 heteroatoms. The molecule has 0 saturated heterocycles. The van der Waals surface area contributed by atoms with Gasteiger partial charge in [-0.3, -0.25) is 4.99 Å². The van der Waals surface area contributed by atoms with Gasteiger partial charge in [0.15, 0.2) is 0 Å². The first-order chi connectivity index (χ1) is 4.85. The van der Waals surface area contributed by atoms with E-state index >= 15 is 0 Å². The van der Waals surface area contributed by atoms with Crippen LogP contribution in [0.3, 0.4) is 0 Å². The molecule has 0 atom stereocenters. The first kappa shape index (κ1) is 9.56. The summed E-state index contributed by atoms with van der Waals surface area (Å²) in [5.41, 5.74) is 6.42. The fourth-order valence-electron chi connectivity index (χ4n) is 0.504. The minimum atomic E-state index is 0.825. The van der Waals surface area contributed by atoms with Crippen LogP contribution < -0.4 is 5.73 Å². The van der Waals surface area contributed by atoms with Crippen molar-refractivity contribution >= 4 is 18.0 Å². The molecule has 0 heterocycles. The number of thioether (sulfide) groups is 1. The molecule has 0 radical (unpaired) electrons. The van der Waals surface area contributed by atoms with Crippen molar-refractivity contribution in [2.75, 3.05) is 18.6 Å². The number of nitrogens with two attached hydrogens (primary N) is 1. The first-order valence-corrected chi connectivity index (χ1v) is 4.64. The van der Waals surface area contributed by atoms with E-state index in [1.54, 1.807) is 18.0 Å². The Morgan fingerprint density at radius 3 is 2.80 bits per heavy atom. The lowest BCUT2D eigenvalue weighted by Gasteiger charge is -1.94. The van der Waals surface area contributed by atoms with Gasteiger partial charge in [0, 0.05) is 18.5 Å². The van der Waals surface area contributed by atoms with E-state index in [1.807, 2.05) is 19.4 Å². The number of hydrogen-bond acceptors (Lipinski definition) is 3. The molecule has 0 aromatic rings. The van der Waals surface area contributed by atoms with E-state index in [9.17, 15) is 0 Å². The lowest BCUT2D eigenvalue weighted by Crippen LogP contribution is -1.94. The van der Waals surface area contributed by atoms with Crippen LogP contribution in [-0.2, 0) is 0 Å². The largest absolute Gasteiger partial charge is 0.404 e. The van der Waals surface area contributed by atoms with E-state index in [-0.39, 0.29) is 0 Å². The van der Waals surface area contributed by atoms with Crippen LogP contribution in [-0.4, -0.2) is 24.8 Å². The second kappa shape index (κ2) is 6.68. The molecule has 0 saturated carbocycles. The second-order valence-electron chi connectivity index (χ2n) is 1.80. The monoisotopic (exact) mass is 158 g/mol. The fraction of sp³-hybridized carbons (Fsp3) is 0.571. The Morgan fingerprint density at radius 2 is 2.40 bits per heavy atom. The minimum absolute atomic E-state index is 0.825. The maximum absolute atomic E-state index is 5.33. The van der Waals surface area contributed by atoms with Crippen LogP contribution in [0.25, 0.3) is 0 Å². The molecule has 0 rings (SSSR count). The summed E-state index contributed by atoms with van der Waals surface area (Å²) in [6.07, 6.45) is 5.48. The molecule has 0 amide bonds. The van der Waals surface area contributed by atoms with Gasteiger partial charge in [-0.05, 0) is 25.0 Å². The van der Waals surface area contributed by atoms with Gasteiger partial charge in [-0.15, -0.1) is 0 Å². The van der Waals surface area contributed by atoms with Crippen molar-refractivity contribution in [3.05, 3.63) is 11.8 Å². The Balaban J connectivity index is 3.72. The van der Waals surface area contributed by atoms with Crippen molar-refractivity contribution in [1.29, 1.82) is 0 Å². The molecule has 0 spiro atoms. The normalized spacial score (nSPS) is 12.8. The van der Waals surface area contributed by atoms with Gasteiger partial charge in [0.25, 0.3) is 0 Å². The van der Waals surface area contributed by atoms with Gasteiger partial charge in [0.05, 0.1) is 0 Å².